The van der Waals surface area contributed by atoms with Gasteiger partial charge in [0.25, 0.3) is 0 Å². The van der Waals surface area contributed by atoms with Crippen LogP contribution in [0.5, 0.6) is 0 Å². The van der Waals surface area contributed by atoms with Crippen LogP contribution in [0.4, 0.5) is 0 Å². The van der Waals surface area contributed by atoms with Gasteiger partial charge in [0.05, 0.1) is 11.3 Å². The maximum Gasteiger partial charge on any atom is 0.243 e. The minimum Gasteiger partial charge on any atom is -0.338 e. The average Bonchev–Trinajstić information content (AvgIpc) is 2.88. The fraction of sp³-hybridized carbons (Fsp3) is 0.833. The number of hydrogen-bond acceptors (Lipinski definition) is 6. The zero-order chi connectivity index (χ0) is 13.0. The third-order valence-electron chi connectivity index (χ3n) is 3.05. The normalized spacial score (nSPS) is 26.2. The molecule has 18 heavy (non-hydrogen) atoms. The van der Waals surface area contributed by atoms with Crippen molar-refractivity contribution in [3.8, 4) is 0 Å². The first kappa shape index (κ1) is 14.2. The second kappa shape index (κ2) is 6.82. The van der Waals surface area contributed by atoms with Gasteiger partial charge >= 0.3 is 0 Å². The lowest BCUT2D eigenvalue weighted by Gasteiger charge is -2.27. The van der Waals surface area contributed by atoms with E-state index >= 15 is 0 Å². The Morgan fingerprint density at radius 2 is 2.17 bits per heavy atom. The quantitative estimate of drug-likeness (QED) is 0.898. The van der Waals surface area contributed by atoms with Crippen molar-refractivity contribution >= 4 is 23.5 Å². The van der Waals surface area contributed by atoms with Crippen LogP contribution in [0.3, 0.4) is 0 Å². The van der Waals surface area contributed by atoms with Gasteiger partial charge in [0.15, 0.2) is 5.82 Å². The Hall–Kier alpha value is -0.200. The molecule has 2 rings (SSSR count). The predicted octanol–water partition coefficient (Wildman–Crippen LogP) is 3.04. The van der Waals surface area contributed by atoms with Gasteiger partial charge in [-0.3, -0.25) is 0 Å². The lowest BCUT2D eigenvalue weighted by atomic mass is 10.2. The molecule has 0 aliphatic carbocycles. The highest BCUT2D eigenvalue weighted by Crippen LogP contribution is 2.42. The van der Waals surface area contributed by atoms with Gasteiger partial charge in [-0.15, -0.1) is 11.8 Å². The van der Waals surface area contributed by atoms with E-state index in [-0.39, 0.29) is 6.04 Å². The molecule has 3 unspecified atom stereocenters. The van der Waals surface area contributed by atoms with E-state index in [1.165, 1.54) is 11.5 Å². The third kappa shape index (κ3) is 3.22. The van der Waals surface area contributed by atoms with E-state index in [4.69, 9.17) is 4.52 Å². The highest BCUT2D eigenvalue weighted by atomic mass is 32.2. The summed E-state index contributed by atoms with van der Waals surface area (Å²) in [5.41, 5.74) is 0. The molecule has 6 heteroatoms. The van der Waals surface area contributed by atoms with Crippen LogP contribution in [0.2, 0.25) is 0 Å². The molecule has 1 N–H and O–H groups in total. The Kier molecular flexibility index (Phi) is 5.38. The maximum atomic E-state index is 5.38. The third-order valence-corrected chi connectivity index (χ3v) is 6.29. The van der Waals surface area contributed by atoms with Crippen molar-refractivity contribution in [2.24, 2.45) is 0 Å². The monoisotopic (exact) mass is 287 g/mol. The van der Waals surface area contributed by atoms with Gasteiger partial charge in [-0.2, -0.15) is 16.7 Å². The van der Waals surface area contributed by atoms with Crippen LogP contribution < -0.4 is 5.32 Å². The van der Waals surface area contributed by atoms with E-state index in [1.807, 2.05) is 23.5 Å². The predicted molar refractivity (Wildman–Crippen MR) is 78.1 cm³/mol. The molecule has 1 aromatic heterocycles. The Balaban J connectivity index is 2.08. The molecular formula is C12H21N3OS2. The Bertz CT molecular complexity index is 372. The zero-order valence-corrected chi connectivity index (χ0v) is 12.8. The molecule has 0 aromatic carbocycles. The molecule has 4 nitrogen and oxygen atoms in total. The summed E-state index contributed by atoms with van der Waals surface area (Å²) in [4.78, 5) is 4.58. The molecule has 102 valence electrons. The SMILES string of the molecule is CCNC(C)c1nc(C2SCCSC2CC)no1. The highest BCUT2D eigenvalue weighted by Gasteiger charge is 2.30. The lowest BCUT2D eigenvalue weighted by Crippen LogP contribution is -2.20. The molecule has 3 atom stereocenters. The molecule has 1 fully saturated rings. The lowest BCUT2D eigenvalue weighted by molar-refractivity contribution is 0.338. The summed E-state index contributed by atoms with van der Waals surface area (Å²) in [7, 11) is 0. The minimum atomic E-state index is 0.137. The zero-order valence-electron chi connectivity index (χ0n) is 11.2. The Morgan fingerprint density at radius 1 is 1.39 bits per heavy atom. The van der Waals surface area contributed by atoms with Gasteiger partial charge < -0.3 is 9.84 Å². The fourth-order valence-electron chi connectivity index (χ4n) is 2.07. The van der Waals surface area contributed by atoms with E-state index in [1.54, 1.807) is 0 Å². The summed E-state index contributed by atoms with van der Waals surface area (Å²) >= 11 is 4.00. The molecule has 0 saturated carbocycles. The smallest absolute Gasteiger partial charge is 0.243 e. The van der Waals surface area contributed by atoms with Crippen LogP contribution in [0.15, 0.2) is 4.52 Å². The summed E-state index contributed by atoms with van der Waals surface area (Å²) in [6.07, 6.45) is 1.16. The molecular weight excluding hydrogens is 266 g/mol. The Morgan fingerprint density at radius 3 is 2.89 bits per heavy atom. The van der Waals surface area contributed by atoms with Crippen LogP contribution in [0, 0.1) is 0 Å². The summed E-state index contributed by atoms with van der Waals surface area (Å²) in [5.74, 6) is 3.99. The molecule has 2 heterocycles. The van der Waals surface area contributed by atoms with Gasteiger partial charge in [0.1, 0.15) is 0 Å². The van der Waals surface area contributed by atoms with Crippen molar-refractivity contribution in [3.63, 3.8) is 0 Å². The molecule has 0 bridgehead atoms. The molecule has 1 saturated heterocycles. The van der Waals surface area contributed by atoms with Gasteiger partial charge in [0, 0.05) is 16.8 Å². The van der Waals surface area contributed by atoms with E-state index < -0.39 is 0 Å². The van der Waals surface area contributed by atoms with Crippen molar-refractivity contribution < 1.29 is 4.52 Å². The van der Waals surface area contributed by atoms with Gasteiger partial charge in [0.2, 0.25) is 5.89 Å². The first-order valence-corrected chi connectivity index (χ1v) is 8.66. The summed E-state index contributed by atoms with van der Waals surface area (Å²) < 4.78 is 5.38. The average molecular weight is 287 g/mol. The van der Waals surface area contributed by atoms with E-state index in [0.29, 0.717) is 16.4 Å². The second-order valence-corrected chi connectivity index (χ2v) is 6.98. The van der Waals surface area contributed by atoms with E-state index in [0.717, 1.165) is 18.8 Å². The largest absolute Gasteiger partial charge is 0.338 e. The van der Waals surface area contributed by atoms with Crippen LogP contribution in [-0.4, -0.2) is 33.4 Å². The van der Waals surface area contributed by atoms with E-state index in [2.05, 4.69) is 36.2 Å². The van der Waals surface area contributed by atoms with Crippen molar-refractivity contribution in [1.29, 1.82) is 0 Å². The number of aromatic nitrogens is 2. The summed E-state index contributed by atoms with van der Waals surface area (Å²) in [6.45, 7) is 7.28. The number of rotatable bonds is 5. The standard InChI is InChI=1S/C12H21N3OS2/c1-4-9-10(18-7-6-17-9)11-14-12(16-15-11)8(3)13-5-2/h8-10,13H,4-7H2,1-3H3. The first-order valence-electron chi connectivity index (χ1n) is 6.56. The van der Waals surface area contributed by atoms with Crippen molar-refractivity contribution in [2.75, 3.05) is 18.1 Å². The summed E-state index contributed by atoms with van der Waals surface area (Å²) in [6, 6.07) is 0.137. The minimum absolute atomic E-state index is 0.137. The van der Waals surface area contributed by atoms with Crippen LogP contribution in [0.1, 0.15) is 50.2 Å². The van der Waals surface area contributed by atoms with E-state index in [9.17, 15) is 0 Å². The Labute approximate surface area is 117 Å². The highest BCUT2D eigenvalue weighted by molar-refractivity contribution is 8.06. The molecule has 1 aromatic rings. The van der Waals surface area contributed by atoms with Crippen LogP contribution >= 0.6 is 23.5 Å². The molecule has 1 aliphatic rings. The number of thioether (sulfide) groups is 2. The number of nitrogens with zero attached hydrogens (tertiary/aromatic N) is 2. The molecule has 0 amide bonds. The van der Waals surface area contributed by atoms with Crippen molar-refractivity contribution in [1.82, 2.24) is 15.5 Å². The fourth-order valence-corrected chi connectivity index (χ4v) is 5.06. The van der Waals surface area contributed by atoms with Gasteiger partial charge in [-0.1, -0.05) is 19.0 Å². The summed E-state index contributed by atoms with van der Waals surface area (Å²) in [5, 5.41) is 8.48. The molecule has 0 spiro atoms. The topological polar surface area (TPSA) is 51.0 Å². The van der Waals surface area contributed by atoms with Crippen LogP contribution in [0.25, 0.3) is 0 Å². The van der Waals surface area contributed by atoms with Gasteiger partial charge in [-0.25, -0.2) is 0 Å². The first-order chi connectivity index (χ1) is 8.76. The van der Waals surface area contributed by atoms with Crippen molar-refractivity contribution in [2.45, 2.75) is 43.7 Å². The van der Waals surface area contributed by atoms with Gasteiger partial charge in [-0.05, 0) is 19.9 Å². The molecule has 0 radical (unpaired) electrons. The van der Waals surface area contributed by atoms with Crippen LogP contribution in [-0.2, 0) is 0 Å². The maximum absolute atomic E-state index is 5.38. The van der Waals surface area contributed by atoms with Crippen molar-refractivity contribution in [3.05, 3.63) is 11.7 Å². The number of nitrogens with one attached hydrogen (secondary N) is 1. The molecule has 1 aliphatic heterocycles. The number of hydrogen-bond donors (Lipinski definition) is 1. The second-order valence-electron chi connectivity index (χ2n) is 4.38.